The topological polar surface area (TPSA) is 53.1 Å². The maximum atomic E-state index is 7.31. The third-order valence-corrected chi connectivity index (χ3v) is 3.27. The third kappa shape index (κ3) is 3.77. The molecule has 4 heteroatoms. The van der Waals surface area contributed by atoms with E-state index in [0.717, 1.165) is 23.6 Å². The number of nitrogens with one attached hydrogen (secondary N) is 1. The molecule has 0 saturated carbocycles. The van der Waals surface area contributed by atoms with Crippen molar-refractivity contribution >= 4 is 23.3 Å². The summed E-state index contributed by atoms with van der Waals surface area (Å²) < 4.78 is 0. The fourth-order valence-electron chi connectivity index (χ4n) is 1.37. The minimum absolute atomic E-state index is 0.121. The molecule has 0 spiro atoms. The van der Waals surface area contributed by atoms with E-state index in [1.165, 1.54) is 5.69 Å². The predicted octanol–water partition coefficient (Wildman–Crippen LogP) is 2.16. The molecule has 0 heterocycles. The summed E-state index contributed by atoms with van der Waals surface area (Å²) in [6, 6.07) is 7.79. The Kier molecular flexibility index (Phi) is 5.19. The van der Waals surface area contributed by atoms with Crippen LogP contribution in [-0.4, -0.2) is 30.9 Å². The van der Waals surface area contributed by atoms with Crippen LogP contribution in [0.3, 0.4) is 0 Å². The summed E-state index contributed by atoms with van der Waals surface area (Å²) in [5.74, 6) is 2.43. The van der Waals surface area contributed by atoms with E-state index in [0.29, 0.717) is 0 Å². The van der Waals surface area contributed by atoms with Crippen LogP contribution in [0.1, 0.15) is 12.5 Å². The summed E-state index contributed by atoms with van der Waals surface area (Å²) in [5, 5.41) is 7.31. The molecule has 0 unspecified atom stereocenters. The van der Waals surface area contributed by atoms with Gasteiger partial charge in [0.05, 0.1) is 0 Å². The number of anilines is 1. The maximum Gasteiger partial charge on any atom is 0.122 e. The van der Waals surface area contributed by atoms with Crippen LogP contribution in [0.4, 0.5) is 5.69 Å². The summed E-state index contributed by atoms with van der Waals surface area (Å²) in [6.07, 6.45) is 0. The van der Waals surface area contributed by atoms with Crippen LogP contribution in [0.25, 0.3) is 0 Å². The predicted molar refractivity (Wildman–Crippen MR) is 73.7 cm³/mol. The smallest absolute Gasteiger partial charge is 0.122 e. The fraction of sp³-hybridized carbons (Fsp3) is 0.417. The van der Waals surface area contributed by atoms with Crippen LogP contribution in [0.5, 0.6) is 0 Å². The first-order chi connectivity index (χ1) is 7.65. The highest BCUT2D eigenvalue weighted by Gasteiger charge is 2.01. The number of amidine groups is 1. The third-order valence-electron chi connectivity index (χ3n) is 2.39. The van der Waals surface area contributed by atoms with Gasteiger partial charge < -0.3 is 10.6 Å². The van der Waals surface area contributed by atoms with Gasteiger partial charge in [0.2, 0.25) is 0 Å². The summed E-state index contributed by atoms with van der Waals surface area (Å²) in [6.45, 7) is 3.21. The van der Waals surface area contributed by atoms with Crippen LogP contribution in [-0.2, 0) is 0 Å². The van der Waals surface area contributed by atoms with Gasteiger partial charge in [0.15, 0.2) is 0 Å². The lowest BCUT2D eigenvalue weighted by Crippen LogP contribution is -2.20. The second-order valence-corrected chi connectivity index (χ2v) is 4.97. The number of nitrogens with two attached hydrogens (primary N) is 1. The first-order valence-corrected chi connectivity index (χ1v) is 6.54. The molecule has 0 aliphatic heterocycles. The highest BCUT2D eigenvalue weighted by Crippen LogP contribution is 2.14. The molecule has 0 fully saturated rings. The van der Waals surface area contributed by atoms with Crippen molar-refractivity contribution in [1.29, 1.82) is 5.41 Å². The molecule has 16 heavy (non-hydrogen) atoms. The highest BCUT2D eigenvalue weighted by atomic mass is 32.2. The van der Waals surface area contributed by atoms with Gasteiger partial charge in [0, 0.05) is 30.6 Å². The van der Waals surface area contributed by atoms with E-state index in [-0.39, 0.29) is 5.84 Å². The zero-order valence-electron chi connectivity index (χ0n) is 9.86. The second kappa shape index (κ2) is 6.43. The van der Waals surface area contributed by atoms with Crippen LogP contribution >= 0.6 is 11.8 Å². The number of thioether (sulfide) groups is 1. The van der Waals surface area contributed by atoms with Gasteiger partial charge in [-0.2, -0.15) is 11.8 Å². The van der Waals surface area contributed by atoms with E-state index < -0.39 is 0 Å². The molecule has 1 rings (SSSR count). The molecular formula is C12H19N3S. The Morgan fingerprint density at radius 2 is 2.00 bits per heavy atom. The van der Waals surface area contributed by atoms with Crippen LogP contribution < -0.4 is 10.6 Å². The lowest BCUT2D eigenvalue weighted by molar-refractivity contribution is 0.977. The van der Waals surface area contributed by atoms with Gasteiger partial charge in [-0.3, -0.25) is 5.41 Å². The maximum absolute atomic E-state index is 7.31. The largest absolute Gasteiger partial charge is 0.384 e. The molecule has 0 saturated heterocycles. The summed E-state index contributed by atoms with van der Waals surface area (Å²) in [4.78, 5) is 2.21. The molecule has 0 amide bonds. The van der Waals surface area contributed by atoms with Crippen molar-refractivity contribution in [2.24, 2.45) is 5.73 Å². The molecule has 1 aromatic carbocycles. The van der Waals surface area contributed by atoms with Crippen molar-refractivity contribution in [2.75, 3.05) is 30.0 Å². The number of hydrogen-bond acceptors (Lipinski definition) is 3. The van der Waals surface area contributed by atoms with Crippen LogP contribution in [0.15, 0.2) is 24.3 Å². The Labute approximate surface area is 102 Å². The van der Waals surface area contributed by atoms with Gasteiger partial charge in [0.25, 0.3) is 0 Å². The molecule has 0 bridgehead atoms. The van der Waals surface area contributed by atoms with E-state index in [2.05, 4.69) is 18.9 Å². The van der Waals surface area contributed by atoms with Crippen molar-refractivity contribution in [3.63, 3.8) is 0 Å². The van der Waals surface area contributed by atoms with Crippen molar-refractivity contribution in [3.8, 4) is 0 Å². The Balaban J connectivity index is 2.56. The van der Waals surface area contributed by atoms with Gasteiger partial charge in [-0.1, -0.05) is 6.92 Å². The van der Waals surface area contributed by atoms with Crippen LogP contribution in [0.2, 0.25) is 0 Å². The molecule has 1 aromatic rings. The van der Waals surface area contributed by atoms with Crippen molar-refractivity contribution < 1.29 is 0 Å². The Morgan fingerprint density at radius 3 is 2.50 bits per heavy atom. The normalized spacial score (nSPS) is 10.1. The minimum atomic E-state index is 0.121. The summed E-state index contributed by atoms with van der Waals surface area (Å²) >= 11 is 1.94. The Bertz CT molecular complexity index is 335. The Hall–Kier alpha value is -1.16. The monoisotopic (exact) mass is 237 g/mol. The molecule has 3 nitrogen and oxygen atoms in total. The number of hydrogen-bond donors (Lipinski definition) is 2. The van der Waals surface area contributed by atoms with Gasteiger partial charge in [0.1, 0.15) is 5.84 Å². The lowest BCUT2D eigenvalue weighted by atomic mass is 10.2. The van der Waals surface area contributed by atoms with E-state index in [1.807, 2.05) is 36.0 Å². The molecule has 88 valence electrons. The second-order valence-electron chi connectivity index (χ2n) is 3.58. The van der Waals surface area contributed by atoms with Gasteiger partial charge in [-0.25, -0.2) is 0 Å². The van der Waals surface area contributed by atoms with E-state index >= 15 is 0 Å². The Morgan fingerprint density at radius 1 is 1.38 bits per heavy atom. The number of nitrogen functional groups attached to an aromatic ring is 1. The number of benzene rings is 1. The van der Waals surface area contributed by atoms with E-state index in [9.17, 15) is 0 Å². The summed E-state index contributed by atoms with van der Waals surface area (Å²) in [5.41, 5.74) is 7.35. The van der Waals surface area contributed by atoms with Gasteiger partial charge >= 0.3 is 0 Å². The lowest BCUT2D eigenvalue weighted by Gasteiger charge is -2.19. The van der Waals surface area contributed by atoms with E-state index in [1.54, 1.807) is 0 Å². The van der Waals surface area contributed by atoms with Crippen molar-refractivity contribution in [2.45, 2.75) is 6.92 Å². The quantitative estimate of drug-likeness (QED) is 0.453. The molecule has 0 aliphatic rings. The summed E-state index contributed by atoms with van der Waals surface area (Å²) in [7, 11) is 2.08. The van der Waals surface area contributed by atoms with Gasteiger partial charge in [-0.05, 0) is 30.0 Å². The molecule has 3 N–H and O–H groups in total. The molecule has 0 aromatic heterocycles. The average molecular weight is 237 g/mol. The van der Waals surface area contributed by atoms with Gasteiger partial charge in [-0.15, -0.1) is 0 Å². The zero-order chi connectivity index (χ0) is 12.0. The minimum Gasteiger partial charge on any atom is -0.384 e. The fourth-order valence-corrected chi connectivity index (χ4v) is 2.06. The van der Waals surface area contributed by atoms with Crippen molar-refractivity contribution in [1.82, 2.24) is 0 Å². The molecule has 0 aliphatic carbocycles. The van der Waals surface area contributed by atoms with E-state index in [4.69, 9.17) is 11.1 Å². The average Bonchev–Trinajstić information content (AvgIpc) is 2.29. The molecule has 0 atom stereocenters. The number of nitrogens with zero attached hydrogens (tertiary/aromatic N) is 1. The standard InChI is InChI=1S/C12H19N3S/c1-3-16-9-8-15(2)11-6-4-10(5-7-11)12(13)14/h4-7H,3,8-9H2,1-2H3,(H3,13,14). The first-order valence-electron chi connectivity index (χ1n) is 5.38. The van der Waals surface area contributed by atoms with Crippen molar-refractivity contribution in [3.05, 3.63) is 29.8 Å². The number of rotatable bonds is 6. The van der Waals surface area contributed by atoms with Crippen LogP contribution in [0, 0.1) is 5.41 Å². The highest BCUT2D eigenvalue weighted by molar-refractivity contribution is 7.99. The zero-order valence-corrected chi connectivity index (χ0v) is 10.7. The molecular weight excluding hydrogens is 218 g/mol. The molecule has 0 radical (unpaired) electrons. The first kappa shape index (κ1) is 12.9. The SMILES string of the molecule is CCSCCN(C)c1ccc(C(=N)N)cc1.